The molecule has 0 atom stereocenters. The monoisotopic (exact) mass is 536 g/mol. The van der Waals surface area contributed by atoms with Crippen molar-refractivity contribution in [2.45, 2.75) is 63.2 Å². The van der Waals surface area contributed by atoms with Crippen LogP contribution >= 0.6 is 15.9 Å². The third-order valence-corrected chi connectivity index (χ3v) is 8.16. The van der Waals surface area contributed by atoms with Crippen LogP contribution in [0.3, 0.4) is 0 Å². The van der Waals surface area contributed by atoms with Crippen LogP contribution in [0.2, 0.25) is 0 Å². The summed E-state index contributed by atoms with van der Waals surface area (Å²) in [5.41, 5.74) is 0.963. The van der Waals surface area contributed by atoms with E-state index in [-0.39, 0.29) is 10.8 Å². The Hall–Kier alpha value is -1.90. The number of sulfonamides is 1. The molecule has 1 aliphatic rings. The van der Waals surface area contributed by atoms with Gasteiger partial charge >= 0.3 is 0 Å². The molecule has 0 unspecified atom stereocenters. The first-order valence-electron chi connectivity index (χ1n) is 11.8. The number of benzene rings is 2. The number of anilines is 1. The average molecular weight is 538 g/mol. The summed E-state index contributed by atoms with van der Waals surface area (Å²) in [7, 11) is -3.52. The lowest BCUT2D eigenvalue weighted by Crippen LogP contribution is -2.31. The van der Waals surface area contributed by atoms with E-state index >= 15 is 0 Å². The quantitative estimate of drug-likeness (QED) is 0.365. The molecule has 0 bridgehead atoms. The van der Waals surface area contributed by atoms with Crippen LogP contribution in [0.25, 0.3) is 0 Å². The fraction of sp³-hybridized carbons (Fsp3) is 0.480. The summed E-state index contributed by atoms with van der Waals surface area (Å²) in [6.07, 6.45) is 8.28. The SMILES string of the molecule is CCCCCCOc1ccc(Br)cc1C(=O)Nc1ccc(S(=O)(=O)N2CCCCCC2)cc1. The Morgan fingerprint density at radius 3 is 2.36 bits per heavy atom. The van der Waals surface area contributed by atoms with Gasteiger partial charge in [0.25, 0.3) is 5.91 Å². The predicted octanol–water partition coefficient (Wildman–Crippen LogP) is 6.23. The van der Waals surface area contributed by atoms with E-state index in [1.165, 1.54) is 6.42 Å². The molecule has 33 heavy (non-hydrogen) atoms. The van der Waals surface area contributed by atoms with Crippen LogP contribution in [0.1, 0.15) is 68.6 Å². The van der Waals surface area contributed by atoms with Crippen molar-refractivity contribution in [3.05, 3.63) is 52.5 Å². The number of carbonyl (C=O) groups is 1. The highest BCUT2D eigenvalue weighted by Crippen LogP contribution is 2.26. The maximum absolute atomic E-state index is 13.0. The summed E-state index contributed by atoms with van der Waals surface area (Å²) >= 11 is 3.42. The molecule has 180 valence electrons. The van der Waals surface area contributed by atoms with Crippen molar-refractivity contribution in [1.82, 2.24) is 4.31 Å². The zero-order chi connectivity index (χ0) is 23.7. The molecule has 3 rings (SSSR count). The number of nitrogens with zero attached hydrogens (tertiary/aromatic N) is 1. The molecular formula is C25H33BrN2O4S. The third kappa shape index (κ3) is 7.29. The standard InChI is InChI=1S/C25H33BrN2O4S/c1-2-3-4-9-18-32-24-15-10-20(26)19-23(24)25(29)27-21-11-13-22(14-12-21)33(30,31)28-16-7-5-6-8-17-28/h10-15,19H,2-9,16-18H2,1H3,(H,27,29). The van der Waals surface area contributed by atoms with Crippen molar-refractivity contribution in [3.8, 4) is 5.75 Å². The lowest BCUT2D eigenvalue weighted by molar-refractivity contribution is 0.102. The fourth-order valence-corrected chi connectivity index (χ4v) is 5.73. The van der Waals surface area contributed by atoms with Gasteiger partial charge in [0.15, 0.2) is 0 Å². The number of hydrogen-bond acceptors (Lipinski definition) is 4. The third-order valence-electron chi connectivity index (χ3n) is 5.76. The Labute approximate surface area is 205 Å². The normalized spacial score (nSPS) is 15.1. The fourth-order valence-electron chi connectivity index (χ4n) is 3.86. The Morgan fingerprint density at radius 2 is 1.70 bits per heavy atom. The Bertz CT molecular complexity index is 1020. The van der Waals surface area contributed by atoms with E-state index < -0.39 is 10.0 Å². The number of amides is 1. The molecule has 1 N–H and O–H groups in total. The second kappa shape index (κ2) is 12.5. The Balaban J connectivity index is 1.67. The maximum Gasteiger partial charge on any atom is 0.259 e. The van der Waals surface area contributed by atoms with Crippen LogP contribution in [0.4, 0.5) is 5.69 Å². The first kappa shape index (κ1) is 25.7. The number of rotatable bonds is 10. The largest absolute Gasteiger partial charge is 0.493 e. The molecule has 0 radical (unpaired) electrons. The lowest BCUT2D eigenvalue weighted by Gasteiger charge is -2.20. The van der Waals surface area contributed by atoms with E-state index in [0.29, 0.717) is 36.7 Å². The molecule has 2 aromatic rings. The van der Waals surface area contributed by atoms with Crippen molar-refractivity contribution >= 4 is 37.5 Å². The predicted molar refractivity (Wildman–Crippen MR) is 135 cm³/mol. The van der Waals surface area contributed by atoms with Gasteiger partial charge in [0.05, 0.1) is 17.1 Å². The summed E-state index contributed by atoms with van der Waals surface area (Å²) in [4.78, 5) is 13.2. The van der Waals surface area contributed by atoms with Gasteiger partial charge in [-0.2, -0.15) is 4.31 Å². The number of halogens is 1. The zero-order valence-electron chi connectivity index (χ0n) is 19.2. The van der Waals surface area contributed by atoms with Crippen molar-refractivity contribution in [2.75, 3.05) is 25.0 Å². The summed E-state index contributed by atoms with van der Waals surface area (Å²) < 4.78 is 34.1. The van der Waals surface area contributed by atoms with Crippen LogP contribution in [0.15, 0.2) is 51.8 Å². The van der Waals surface area contributed by atoms with Crippen LogP contribution in [-0.4, -0.2) is 38.3 Å². The van der Waals surface area contributed by atoms with E-state index in [9.17, 15) is 13.2 Å². The van der Waals surface area contributed by atoms with Crippen LogP contribution in [0, 0.1) is 0 Å². The van der Waals surface area contributed by atoms with Gasteiger partial charge in [-0.3, -0.25) is 4.79 Å². The Morgan fingerprint density at radius 1 is 1.00 bits per heavy atom. The van der Waals surface area contributed by atoms with E-state index in [4.69, 9.17) is 4.74 Å². The van der Waals surface area contributed by atoms with E-state index in [1.807, 2.05) is 6.07 Å². The molecule has 1 saturated heterocycles. The van der Waals surface area contributed by atoms with Gasteiger partial charge in [0.1, 0.15) is 5.75 Å². The first-order valence-corrected chi connectivity index (χ1v) is 14.0. The van der Waals surface area contributed by atoms with E-state index in [0.717, 1.165) is 49.4 Å². The second-order valence-corrected chi connectivity index (χ2v) is 11.2. The van der Waals surface area contributed by atoms with Crippen LogP contribution in [-0.2, 0) is 10.0 Å². The number of hydrogen-bond donors (Lipinski definition) is 1. The summed E-state index contributed by atoms with van der Waals surface area (Å²) in [5.74, 6) is 0.232. The maximum atomic E-state index is 13.0. The van der Waals surface area contributed by atoms with Gasteiger partial charge in [-0.1, -0.05) is 55.0 Å². The molecule has 0 saturated carbocycles. The van der Waals surface area contributed by atoms with Gasteiger partial charge in [0, 0.05) is 23.2 Å². The Kier molecular flexibility index (Phi) is 9.77. The van der Waals surface area contributed by atoms with Gasteiger partial charge in [-0.25, -0.2) is 8.42 Å². The molecule has 6 nitrogen and oxygen atoms in total. The van der Waals surface area contributed by atoms with Crippen molar-refractivity contribution in [2.24, 2.45) is 0 Å². The average Bonchev–Trinajstić information content (AvgIpc) is 3.10. The number of unbranched alkanes of at least 4 members (excludes halogenated alkanes) is 3. The molecule has 1 fully saturated rings. The number of ether oxygens (including phenoxy) is 1. The highest BCUT2D eigenvalue weighted by Gasteiger charge is 2.25. The van der Waals surface area contributed by atoms with E-state index in [1.54, 1.807) is 40.7 Å². The highest BCUT2D eigenvalue weighted by molar-refractivity contribution is 9.10. The van der Waals surface area contributed by atoms with Gasteiger partial charge in [-0.05, 0) is 61.7 Å². The minimum absolute atomic E-state index is 0.251. The van der Waals surface area contributed by atoms with Gasteiger partial charge in [0.2, 0.25) is 10.0 Å². The number of carbonyl (C=O) groups excluding carboxylic acids is 1. The molecule has 1 aliphatic heterocycles. The molecule has 0 aromatic heterocycles. The molecule has 1 amide bonds. The summed E-state index contributed by atoms with van der Waals surface area (Å²) in [6, 6.07) is 11.7. The molecule has 8 heteroatoms. The van der Waals surface area contributed by atoms with Gasteiger partial charge in [-0.15, -0.1) is 0 Å². The van der Waals surface area contributed by atoms with Gasteiger partial charge < -0.3 is 10.1 Å². The first-order chi connectivity index (χ1) is 15.9. The molecule has 2 aromatic carbocycles. The zero-order valence-corrected chi connectivity index (χ0v) is 21.6. The molecule has 1 heterocycles. The highest BCUT2D eigenvalue weighted by atomic mass is 79.9. The molecule has 0 spiro atoms. The van der Waals surface area contributed by atoms with Crippen LogP contribution in [0.5, 0.6) is 5.75 Å². The molecule has 0 aliphatic carbocycles. The smallest absolute Gasteiger partial charge is 0.259 e. The number of nitrogens with one attached hydrogen (secondary N) is 1. The lowest BCUT2D eigenvalue weighted by atomic mass is 10.1. The van der Waals surface area contributed by atoms with Crippen molar-refractivity contribution in [3.63, 3.8) is 0 Å². The van der Waals surface area contributed by atoms with Crippen molar-refractivity contribution < 1.29 is 17.9 Å². The minimum atomic E-state index is -3.52. The topological polar surface area (TPSA) is 75.7 Å². The minimum Gasteiger partial charge on any atom is -0.493 e. The van der Waals surface area contributed by atoms with Crippen molar-refractivity contribution in [1.29, 1.82) is 0 Å². The second-order valence-electron chi connectivity index (χ2n) is 8.35. The molecular weight excluding hydrogens is 504 g/mol. The van der Waals surface area contributed by atoms with Crippen LogP contribution < -0.4 is 10.1 Å². The van der Waals surface area contributed by atoms with E-state index in [2.05, 4.69) is 28.2 Å². The summed E-state index contributed by atoms with van der Waals surface area (Å²) in [5, 5.41) is 2.86. The summed E-state index contributed by atoms with van der Waals surface area (Å²) in [6.45, 7) is 3.84.